The maximum atomic E-state index is 12.5. The number of halogens is 1. The molecule has 0 saturated carbocycles. The number of benzene rings is 1. The van der Waals surface area contributed by atoms with Crippen molar-refractivity contribution in [2.75, 3.05) is 13.0 Å². The minimum absolute atomic E-state index is 0. The fraction of sp³-hybridized carbons (Fsp3) is 0.450. The van der Waals surface area contributed by atoms with Gasteiger partial charge in [-0.05, 0) is 64.3 Å². The first-order chi connectivity index (χ1) is 12.7. The van der Waals surface area contributed by atoms with E-state index in [1.807, 2.05) is 52.0 Å². The largest absolute Gasteiger partial charge is 1.00 e. The Morgan fingerprint density at radius 1 is 1.30 bits per heavy atom. The summed E-state index contributed by atoms with van der Waals surface area (Å²) in [5.74, 6) is 1.46. The first-order valence-corrected chi connectivity index (χ1v) is 9.33. The van der Waals surface area contributed by atoms with Crippen molar-refractivity contribution in [1.29, 1.82) is 0 Å². The molecule has 0 amide bonds. The summed E-state index contributed by atoms with van der Waals surface area (Å²) in [6.45, 7) is 7.37. The summed E-state index contributed by atoms with van der Waals surface area (Å²) >= 11 is 5.81. The van der Waals surface area contributed by atoms with E-state index in [-0.39, 0.29) is 35.8 Å². The van der Waals surface area contributed by atoms with Crippen molar-refractivity contribution in [2.45, 2.75) is 46.1 Å². The second-order valence-electron chi connectivity index (χ2n) is 7.13. The quantitative estimate of drug-likeness (QED) is 0.268. The van der Waals surface area contributed by atoms with Crippen LogP contribution in [0.15, 0.2) is 30.1 Å². The fourth-order valence-corrected chi connectivity index (χ4v) is 2.60. The van der Waals surface area contributed by atoms with Crippen molar-refractivity contribution in [3.8, 4) is 11.4 Å². The van der Waals surface area contributed by atoms with Crippen LogP contribution in [0.1, 0.15) is 45.0 Å². The van der Waals surface area contributed by atoms with E-state index in [2.05, 4.69) is 10.1 Å². The van der Waals surface area contributed by atoms with Crippen LogP contribution in [0, 0.1) is 6.92 Å². The number of aryl methyl sites for hydroxylation is 1. The van der Waals surface area contributed by atoms with Crippen LogP contribution < -0.4 is 23.6 Å². The number of aromatic nitrogens is 3. The Morgan fingerprint density at radius 2 is 1.97 bits per heavy atom. The van der Waals surface area contributed by atoms with E-state index in [9.17, 15) is 4.79 Å². The third kappa shape index (κ3) is 8.90. The van der Waals surface area contributed by atoms with Gasteiger partial charge in [0, 0.05) is 11.5 Å². The first kappa shape index (κ1) is 30.4. The molecule has 0 aliphatic carbocycles. The zero-order valence-electron chi connectivity index (χ0n) is 18.4. The van der Waals surface area contributed by atoms with Gasteiger partial charge in [0.2, 0.25) is 0 Å². The Bertz CT molecular complexity index is 834. The van der Waals surface area contributed by atoms with Gasteiger partial charge in [-0.2, -0.15) is 5.10 Å². The maximum absolute atomic E-state index is 12.5. The zero-order chi connectivity index (χ0) is 20.0. The summed E-state index contributed by atoms with van der Waals surface area (Å²) in [5.41, 5.74) is 1.64. The Morgan fingerprint density at radius 3 is 2.47 bits per heavy atom. The van der Waals surface area contributed by atoms with E-state index < -0.39 is 5.60 Å². The number of methoxy groups -OCH3 is 1. The van der Waals surface area contributed by atoms with Gasteiger partial charge >= 0.3 is 24.8 Å². The molecule has 0 radical (unpaired) electrons. The molecular weight excluding hydrogens is 405 g/mol. The standard InChI is InChI=1S/C20H26ClN3O3.Li.2H2O/c1-14-22-13-24(23-14)17-9-8-15(12-18(17)26-5)11-16(7-6-10-21)19(25)27-20(2,3)4;;;/h8-9,11-13H,6-7,10H2,1-5H3;;2*1H2/q;+1;;/p-1. The topological polar surface area (TPSA) is 128 Å². The molecule has 0 atom stereocenters. The minimum atomic E-state index is -0.552. The smallest absolute Gasteiger partial charge is 0.870 e. The van der Waals surface area contributed by atoms with Crippen molar-refractivity contribution >= 4 is 23.6 Å². The van der Waals surface area contributed by atoms with Gasteiger partial charge in [0.25, 0.3) is 0 Å². The molecule has 1 aromatic carbocycles. The molecule has 3 N–H and O–H groups in total. The van der Waals surface area contributed by atoms with Crippen molar-refractivity contribution in [1.82, 2.24) is 14.8 Å². The number of carbonyl (C=O) groups is 1. The second-order valence-corrected chi connectivity index (χ2v) is 7.51. The van der Waals surface area contributed by atoms with E-state index in [4.69, 9.17) is 21.1 Å². The van der Waals surface area contributed by atoms with Gasteiger partial charge in [-0.15, -0.1) is 11.6 Å². The number of esters is 1. The predicted molar refractivity (Wildman–Crippen MR) is 112 cm³/mol. The van der Waals surface area contributed by atoms with E-state index in [0.717, 1.165) is 11.3 Å². The van der Waals surface area contributed by atoms with Gasteiger partial charge < -0.3 is 20.4 Å². The average Bonchev–Trinajstić information content (AvgIpc) is 3.03. The third-order valence-corrected chi connectivity index (χ3v) is 3.91. The molecule has 162 valence electrons. The molecule has 0 bridgehead atoms. The Labute approximate surface area is 194 Å². The molecule has 0 fully saturated rings. The van der Waals surface area contributed by atoms with E-state index in [1.54, 1.807) is 18.1 Å². The first-order valence-electron chi connectivity index (χ1n) is 8.80. The van der Waals surface area contributed by atoms with Crippen LogP contribution in [0.4, 0.5) is 0 Å². The molecule has 0 aliphatic heterocycles. The van der Waals surface area contributed by atoms with Crippen LogP contribution in [0.5, 0.6) is 5.75 Å². The molecule has 1 aromatic heterocycles. The van der Waals surface area contributed by atoms with Crippen LogP contribution in [-0.4, -0.2) is 50.3 Å². The molecule has 0 saturated heterocycles. The predicted octanol–water partition coefficient (Wildman–Crippen LogP) is 0.331. The van der Waals surface area contributed by atoms with Gasteiger partial charge in [0.05, 0.1) is 7.11 Å². The van der Waals surface area contributed by atoms with Crippen molar-refractivity contribution in [3.63, 3.8) is 0 Å². The number of alkyl halides is 1. The Hall–Kier alpha value is -1.82. The second kappa shape index (κ2) is 13.5. The van der Waals surface area contributed by atoms with Gasteiger partial charge in [0.15, 0.2) is 0 Å². The SMILES string of the molecule is COc1cc(C=C(CCCCl)C(=O)OC(C)(C)C)ccc1-n1cnc(C)n1.O.[Li+].[OH-]. The molecule has 8 nitrogen and oxygen atoms in total. The molecule has 2 rings (SSSR count). The van der Waals surface area contributed by atoms with Crippen molar-refractivity contribution < 1.29 is 44.1 Å². The zero-order valence-corrected chi connectivity index (χ0v) is 19.2. The summed E-state index contributed by atoms with van der Waals surface area (Å²) in [5, 5.41) is 4.31. The van der Waals surface area contributed by atoms with Gasteiger partial charge in [-0.25, -0.2) is 14.5 Å². The number of nitrogens with zero attached hydrogens (tertiary/aromatic N) is 3. The normalized spacial score (nSPS) is 10.9. The van der Waals surface area contributed by atoms with Crippen LogP contribution in [0.3, 0.4) is 0 Å². The Balaban J connectivity index is 0. The van der Waals surface area contributed by atoms with E-state index in [0.29, 0.717) is 35.9 Å². The molecule has 0 spiro atoms. The average molecular weight is 434 g/mol. The summed E-state index contributed by atoms with van der Waals surface area (Å²) in [4.78, 5) is 16.7. The molecule has 10 heteroatoms. The van der Waals surface area contributed by atoms with Crippen LogP contribution in [0.25, 0.3) is 11.8 Å². The monoisotopic (exact) mass is 433 g/mol. The van der Waals surface area contributed by atoms with Crippen LogP contribution in [0.2, 0.25) is 0 Å². The molecule has 1 heterocycles. The summed E-state index contributed by atoms with van der Waals surface area (Å²) < 4.78 is 12.7. The van der Waals surface area contributed by atoms with Crippen molar-refractivity contribution in [2.24, 2.45) is 0 Å². The van der Waals surface area contributed by atoms with Gasteiger partial charge in [0.1, 0.15) is 29.2 Å². The summed E-state index contributed by atoms with van der Waals surface area (Å²) in [6.07, 6.45) is 4.69. The number of rotatable bonds is 7. The number of ether oxygens (including phenoxy) is 2. The number of hydrogen-bond acceptors (Lipinski definition) is 6. The molecule has 0 unspecified atom stereocenters. The molecule has 30 heavy (non-hydrogen) atoms. The third-order valence-electron chi connectivity index (χ3n) is 3.64. The van der Waals surface area contributed by atoms with E-state index in [1.165, 1.54) is 0 Å². The Kier molecular flexibility index (Phi) is 13.6. The maximum Gasteiger partial charge on any atom is 1.00 e. The van der Waals surface area contributed by atoms with Crippen molar-refractivity contribution in [3.05, 3.63) is 41.5 Å². The minimum Gasteiger partial charge on any atom is -0.870 e. The summed E-state index contributed by atoms with van der Waals surface area (Å²) in [6, 6.07) is 5.64. The fourth-order valence-electron chi connectivity index (χ4n) is 2.47. The van der Waals surface area contributed by atoms with Crippen LogP contribution in [-0.2, 0) is 9.53 Å². The number of hydrogen-bond donors (Lipinski definition) is 0. The number of carbonyl (C=O) groups excluding carboxylic acids is 1. The van der Waals surface area contributed by atoms with Gasteiger partial charge in [-0.1, -0.05) is 6.07 Å². The van der Waals surface area contributed by atoms with Crippen LogP contribution >= 0.6 is 11.6 Å². The van der Waals surface area contributed by atoms with Gasteiger partial charge in [-0.3, -0.25) is 0 Å². The molecule has 2 aromatic rings. The van der Waals surface area contributed by atoms with E-state index >= 15 is 0 Å². The molecule has 0 aliphatic rings. The molecular formula is C20H29ClLiN3O5. The summed E-state index contributed by atoms with van der Waals surface area (Å²) in [7, 11) is 1.60.